The van der Waals surface area contributed by atoms with E-state index in [1.165, 1.54) is 0 Å². The molecule has 0 radical (unpaired) electrons. The van der Waals surface area contributed by atoms with Crippen molar-refractivity contribution in [1.82, 2.24) is 0 Å². The van der Waals surface area contributed by atoms with E-state index < -0.39 is 86.0 Å². The van der Waals surface area contributed by atoms with Crippen molar-refractivity contribution < 1.29 is 64.6 Å². The van der Waals surface area contributed by atoms with Gasteiger partial charge in [-0.1, -0.05) is 48.5 Å². The first-order valence-corrected chi connectivity index (χ1v) is 21.2. The molecule has 0 unspecified atom stereocenters. The lowest BCUT2D eigenvalue weighted by molar-refractivity contribution is -0.332. The van der Waals surface area contributed by atoms with Gasteiger partial charge in [0.1, 0.15) is 48.8 Å². The van der Waals surface area contributed by atoms with E-state index in [0.717, 1.165) is 51.4 Å². The molecule has 0 aromatic carbocycles. The van der Waals surface area contributed by atoms with Gasteiger partial charge in [0, 0.05) is 0 Å². The van der Waals surface area contributed by atoms with Crippen LogP contribution in [0.3, 0.4) is 0 Å². The van der Waals surface area contributed by atoms with Gasteiger partial charge >= 0.3 is 5.97 Å². The topological polar surface area (TPSA) is 216 Å². The SMILES string of the molecule is CC(C)[C@@H]1CC[C@]2(C(=O)O[C@@H]3O[C@H](CO)[C@@H](O)[C@H](O)[C@H]3O)CC[C@]3(C)[C@H](CC[C@@H]4[C@@]5(C)CC[C@H](O[C@@H]6O[C@H](CO)[C@@H](O)[C@H](O)[C@H]6O)C(C)(C)[C@@H]5CC[C@]43C)[C@@H]12. The number of rotatable bonds is 7. The van der Waals surface area contributed by atoms with Gasteiger partial charge in [-0.15, -0.1) is 0 Å². The summed E-state index contributed by atoms with van der Waals surface area (Å²) in [5, 5.41) is 82.8. The molecule has 8 N–H and O–H groups in total. The summed E-state index contributed by atoms with van der Waals surface area (Å²) in [4.78, 5) is 14.6. The predicted octanol–water partition coefficient (Wildman–Crippen LogP) is 2.25. The van der Waals surface area contributed by atoms with Gasteiger partial charge in [0.05, 0.1) is 24.7 Å². The summed E-state index contributed by atoms with van der Waals surface area (Å²) in [5.74, 6) is 1.35. The van der Waals surface area contributed by atoms with E-state index in [2.05, 4.69) is 48.5 Å². The highest BCUT2D eigenvalue weighted by Gasteiger charge is 2.72. The molecule has 0 spiro atoms. The number of fused-ring (bicyclic) bond motifs is 7. The van der Waals surface area contributed by atoms with Gasteiger partial charge < -0.3 is 59.8 Å². The molecule has 2 aliphatic heterocycles. The van der Waals surface area contributed by atoms with E-state index in [0.29, 0.717) is 36.5 Å². The van der Waals surface area contributed by atoms with Crippen molar-refractivity contribution in [1.29, 1.82) is 0 Å². The van der Waals surface area contributed by atoms with E-state index in [-0.39, 0.29) is 39.6 Å². The van der Waals surface area contributed by atoms with Crippen LogP contribution in [0.2, 0.25) is 0 Å². The molecule has 5 saturated carbocycles. The highest BCUT2D eigenvalue weighted by molar-refractivity contribution is 5.78. The van der Waals surface area contributed by atoms with Gasteiger partial charge in [-0.05, 0) is 121 Å². The molecule has 316 valence electrons. The Morgan fingerprint density at radius 3 is 1.85 bits per heavy atom. The van der Waals surface area contributed by atoms with E-state index >= 15 is 0 Å². The molecule has 0 bridgehead atoms. The fourth-order valence-electron chi connectivity index (χ4n) is 14.7. The first-order chi connectivity index (χ1) is 25.7. The Kier molecular flexibility index (Phi) is 11.2. The number of hydrogen-bond donors (Lipinski definition) is 8. The summed E-state index contributed by atoms with van der Waals surface area (Å²) >= 11 is 0. The van der Waals surface area contributed by atoms with E-state index in [4.69, 9.17) is 18.9 Å². The molecule has 13 heteroatoms. The molecule has 0 amide bonds. The molecule has 20 atom stereocenters. The van der Waals surface area contributed by atoms with Gasteiger partial charge in [-0.25, -0.2) is 0 Å². The van der Waals surface area contributed by atoms with Crippen LogP contribution in [0, 0.1) is 62.6 Å². The van der Waals surface area contributed by atoms with Gasteiger partial charge in [0.2, 0.25) is 6.29 Å². The second-order valence-electron chi connectivity index (χ2n) is 20.6. The Labute approximate surface area is 326 Å². The third-order valence-corrected chi connectivity index (χ3v) is 17.9. The molecule has 7 fully saturated rings. The van der Waals surface area contributed by atoms with Crippen LogP contribution in [0.5, 0.6) is 0 Å². The molecule has 7 aliphatic rings. The Bertz CT molecular complexity index is 1410. The summed E-state index contributed by atoms with van der Waals surface area (Å²) in [6, 6.07) is 0. The Morgan fingerprint density at radius 2 is 1.25 bits per heavy atom. The summed E-state index contributed by atoms with van der Waals surface area (Å²) < 4.78 is 24.0. The second-order valence-corrected chi connectivity index (χ2v) is 20.6. The first-order valence-electron chi connectivity index (χ1n) is 21.2. The minimum atomic E-state index is -1.64. The van der Waals surface area contributed by atoms with Gasteiger partial charge in [0.25, 0.3) is 0 Å². The number of carbonyl (C=O) groups excluding carboxylic acids is 1. The minimum Gasteiger partial charge on any atom is -0.432 e. The van der Waals surface area contributed by atoms with Crippen LogP contribution in [0.4, 0.5) is 0 Å². The average molecular weight is 783 g/mol. The summed E-state index contributed by atoms with van der Waals surface area (Å²) in [6.07, 6.45) is -5.41. The smallest absolute Gasteiger partial charge is 0.314 e. The molecular weight excluding hydrogens is 712 g/mol. The van der Waals surface area contributed by atoms with Gasteiger partial charge in [-0.2, -0.15) is 0 Å². The summed E-state index contributed by atoms with van der Waals surface area (Å²) in [6.45, 7) is 15.4. The van der Waals surface area contributed by atoms with Gasteiger partial charge in [-0.3, -0.25) is 4.79 Å². The minimum absolute atomic E-state index is 0.000332. The number of hydrogen-bond acceptors (Lipinski definition) is 13. The zero-order valence-electron chi connectivity index (χ0n) is 33.9. The van der Waals surface area contributed by atoms with Crippen molar-refractivity contribution in [3.8, 4) is 0 Å². The van der Waals surface area contributed by atoms with Crippen LogP contribution in [0.25, 0.3) is 0 Å². The molecule has 5 aliphatic carbocycles. The third-order valence-electron chi connectivity index (χ3n) is 17.9. The fourth-order valence-corrected chi connectivity index (χ4v) is 14.7. The average Bonchev–Trinajstić information content (AvgIpc) is 3.54. The molecule has 7 rings (SSSR count). The van der Waals surface area contributed by atoms with Crippen LogP contribution >= 0.6 is 0 Å². The van der Waals surface area contributed by atoms with Crippen molar-refractivity contribution in [3.63, 3.8) is 0 Å². The van der Waals surface area contributed by atoms with Crippen molar-refractivity contribution in [2.24, 2.45) is 62.6 Å². The maximum atomic E-state index is 14.6. The quantitative estimate of drug-likeness (QED) is 0.138. The Morgan fingerprint density at radius 1 is 0.655 bits per heavy atom. The summed E-state index contributed by atoms with van der Waals surface area (Å²) in [5.41, 5.74) is -1.10. The number of carbonyl (C=O) groups is 1. The van der Waals surface area contributed by atoms with Crippen molar-refractivity contribution >= 4 is 5.97 Å². The highest BCUT2D eigenvalue weighted by Crippen LogP contribution is 2.78. The molecule has 0 aromatic heterocycles. The van der Waals surface area contributed by atoms with Crippen LogP contribution in [-0.4, -0.2) is 128 Å². The Balaban J connectivity index is 1.13. The maximum absolute atomic E-state index is 14.6. The molecule has 0 aromatic rings. The van der Waals surface area contributed by atoms with Crippen molar-refractivity contribution in [2.75, 3.05) is 13.2 Å². The zero-order valence-corrected chi connectivity index (χ0v) is 33.9. The normalized spacial score (nSPS) is 54.8. The lowest BCUT2D eigenvalue weighted by atomic mass is 9.32. The van der Waals surface area contributed by atoms with Crippen LogP contribution in [0.15, 0.2) is 0 Å². The Hall–Kier alpha value is -0.970. The fraction of sp³-hybridized carbons (Fsp3) is 0.976. The molecule has 13 nitrogen and oxygen atoms in total. The standard InChI is InChI=1S/C42H70O13/c1-20(2)21-10-15-42(37(51)55-36-34(50)32(48)30(46)24(19-44)53-36)17-16-40(6)22(28(21)42)8-9-26-39(5)13-12-27(38(3,4)25(39)11-14-41(26,40)7)54-35-33(49)31(47)29(45)23(18-43)52-35/h20-36,43-50H,8-19H2,1-7H3/t21-,22+,23+,24+,25-,26+,27-,28+,29+,30+,31-,32-,33+,34+,35-,36-,39-,40+,41+,42-/m0/s1. The predicted molar refractivity (Wildman–Crippen MR) is 197 cm³/mol. The van der Waals surface area contributed by atoms with Gasteiger partial charge in [0.15, 0.2) is 6.29 Å². The van der Waals surface area contributed by atoms with Crippen molar-refractivity contribution in [3.05, 3.63) is 0 Å². The zero-order chi connectivity index (χ0) is 40.2. The maximum Gasteiger partial charge on any atom is 0.314 e. The number of ether oxygens (including phenoxy) is 4. The summed E-state index contributed by atoms with van der Waals surface area (Å²) in [7, 11) is 0. The third kappa shape index (κ3) is 6.14. The number of aliphatic hydroxyl groups excluding tert-OH is 8. The molecule has 2 heterocycles. The molecule has 55 heavy (non-hydrogen) atoms. The van der Waals surface area contributed by atoms with Crippen LogP contribution < -0.4 is 0 Å². The molecule has 2 saturated heterocycles. The van der Waals surface area contributed by atoms with Crippen molar-refractivity contribution in [2.45, 2.75) is 180 Å². The number of aliphatic hydroxyl groups is 8. The van der Waals surface area contributed by atoms with Crippen LogP contribution in [0.1, 0.15) is 113 Å². The largest absolute Gasteiger partial charge is 0.432 e. The lowest BCUT2D eigenvalue weighted by Gasteiger charge is -2.73. The van der Waals surface area contributed by atoms with Crippen LogP contribution in [-0.2, 0) is 23.7 Å². The monoisotopic (exact) mass is 782 g/mol. The first kappa shape index (κ1) is 42.2. The van der Waals surface area contributed by atoms with E-state index in [9.17, 15) is 45.6 Å². The lowest BCUT2D eigenvalue weighted by Crippen LogP contribution is -2.68. The van der Waals surface area contributed by atoms with E-state index in [1.54, 1.807) is 0 Å². The second kappa shape index (κ2) is 14.6. The van der Waals surface area contributed by atoms with E-state index in [1.807, 2.05) is 0 Å². The molecular formula is C42H70O13. The highest BCUT2D eigenvalue weighted by atomic mass is 16.7. The number of esters is 1.